The molecule has 0 aromatic carbocycles. The minimum absolute atomic E-state index is 0.0629. The second kappa shape index (κ2) is 4.76. The summed E-state index contributed by atoms with van der Waals surface area (Å²) in [5.41, 5.74) is 0.414. The van der Waals surface area contributed by atoms with Crippen LogP contribution in [0.4, 0.5) is 0 Å². The molecule has 1 aromatic heterocycles. The van der Waals surface area contributed by atoms with Gasteiger partial charge in [0.1, 0.15) is 11.3 Å². The number of aliphatic hydroxyl groups excluding tert-OH is 1. The van der Waals surface area contributed by atoms with Gasteiger partial charge in [-0.25, -0.2) is 0 Å². The fourth-order valence-corrected chi connectivity index (χ4v) is 1.06. The lowest BCUT2D eigenvalue weighted by Crippen LogP contribution is -2.37. The monoisotopic (exact) mass is 198 g/mol. The Morgan fingerprint density at radius 2 is 2.50 bits per heavy atom. The van der Waals surface area contributed by atoms with Crippen molar-refractivity contribution in [2.75, 3.05) is 6.61 Å². The number of nitrogens with one attached hydrogen (secondary N) is 1. The first-order valence-corrected chi connectivity index (χ1v) is 4.52. The maximum absolute atomic E-state index is 11.5. The van der Waals surface area contributed by atoms with Crippen LogP contribution in [-0.2, 0) is 0 Å². The van der Waals surface area contributed by atoms with Gasteiger partial charge in [-0.2, -0.15) is 0 Å². The molecule has 5 nitrogen and oxygen atoms in total. The molecule has 1 heterocycles. The maximum Gasteiger partial charge on any atom is 0.256 e. The minimum atomic E-state index is -0.260. The van der Waals surface area contributed by atoms with Crippen molar-refractivity contribution in [1.29, 1.82) is 0 Å². The van der Waals surface area contributed by atoms with Crippen LogP contribution in [-0.4, -0.2) is 28.8 Å². The number of aromatic nitrogens is 1. The number of aliphatic hydroxyl groups is 1. The highest BCUT2D eigenvalue weighted by Crippen LogP contribution is 2.06. The SMILES string of the molecule is CC[C@@H](CO)NC(=O)c1cnoc1C. The summed E-state index contributed by atoms with van der Waals surface area (Å²) >= 11 is 0. The van der Waals surface area contributed by atoms with Gasteiger partial charge in [0.05, 0.1) is 18.8 Å². The molecule has 78 valence electrons. The highest BCUT2D eigenvalue weighted by atomic mass is 16.5. The van der Waals surface area contributed by atoms with E-state index in [4.69, 9.17) is 9.63 Å². The lowest BCUT2D eigenvalue weighted by Gasteiger charge is -2.12. The van der Waals surface area contributed by atoms with Gasteiger partial charge in [-0.05, 0) is 13.3 Å². The Labute approximate surface area is 82.1 Å². The molecular weight excluding hydrogens is 184 g/mol. The van der Waals surface area contributed by atoms with E-state index in [-0.39, 0.29) is 18.6 Å². The predicted octanol–water partition coefficient (Wildman–Crippen LogP) is 0.484. The van der Waals surface area contributed by atoms with Gasteiger partial charge in [0.2, 0.25) is 0 Å². The fraction of sp³-hybridized carbons (Fsp3) is 0.556. The molecule has 1 aromatic rings. The van der Waals surface area contributed by atoms with E-state index in [9.17, 15) is 4.79 Å². The van der Waals surface area contributed by atoms with Crippen LogP contribution in [0, 0.1) is 6.92 Å². The summed E-state index contributed by atoms with van der Waals surface area (Å²) in [6.07, 6.45) is 2.06. The first-order chi connectivity index (χ1) is 6.69. The number of rotatable bonds is 4. The second-order valence-corrected chi connectivity index (χ2v) is 3.06. The molecule has 0 aliphatic carbocycles. The summed E-state index contributed by atoms with van der Waals surface area (Å²) < 4.78 is 4.76. The number of nitrogens with zero attached hydrogens (tertiary/aromatic N) is 1. The Morgan fingerprint density at radius 1 is 1.79 bits per heavy atom. The fourth-order valence-electron chi connectivity index (χ4n) is 1.06. The highest BCUT2D eigenvalue weighted by molar-refractivity contribution is 5.94. The van der Waals surface area contributed by atoms with E-state index >= 15 is 0 Å². The molecule has 0 saturated heterocycles. The summed E-state index contributed by atoms with van der Waals surface area (Å²) in [6, 6.07) is -0.211. The summed E-state index contributed by atoms with van der Waals surface area (Å²) in [4.78, 5) is 11.5. The molecule has 0 saturated carbocycles. The average molecular weight is 198 g/mol. The normalized spacial score (nSPS) is 12.5. The van der Waals surface area contributed by atoms with Gasteiger partial charge < -0.3 is 14.9 Å². The number of amides is 1. The van der Waals surface area contributed by atoms with Crippen LogP contribution in [0.2, 0.25) is 0 Å². The molecule has 5 heteroatoms. The van der Waals surface area contributed by atoms with Crippen LogP contribution in [0.15, 0.2) is 10.7 Å². The van der Waals surface area contributed by atoms with E-state index in [2.05, 4.69) is 10.5 Å². The first kappa shape index (κ1) is 10.7. The number of hydrogen-bond acceptors (Lipinski definition) is 4. The van der Waals surface area contributed by atoms with E-state index in [0.717, 1.165) is 0 Å². The lowest BCUT2D eigenvalue weighted by molar-refractivity contribution is 0.0913. The number of carbonyl (C=O) groups is 1. The minimum Gasteiger partial charge on any atom is -0.394 e. The van der Waals surface area contributed by atoms with Crippen molar-refractivity contribution < 1.29 is 14.4 Å². The summed E-state index contributed by atoms with van der Waals surface area (Å²) in [6.45, 7) is 3.50. The highest BCUT2D eigenvalue weighted by Gasteiger charge is 2.15. The van der Waals surface area contributed by atoms with Crippen LogP contribution in [0.5, 0.6) is 0 Å². The van der Waals surface area contributed by atoms with Gasteiger partial charge in [-0.1, -0.05) is 12.1 Å². The number of hydrogen-bond donors (Lipinski definition) is 2. The van der Waals surface area contributed by atoms with Gasteiger partial charge in [-0.15, -0.1) is 0 Å². The van der Waals surface area contributed by atoms with Crippen LogP contribution >= 0.6 is 0 Å². The Kier molecular flexibility index (Phi) is 3.64. The average Bonchev–Trinajstić information content (AvgIpc) is 2.60. The summed E-state index contributed by atoms with van der Waals surface area (Å²) in [7, 11) is 0. The zero-order valence-electron chi connectivity index (χ0n) is 8.28. The van der Waals surface area contributed by atoms with Crippen molar-refractivity contribution in [2.45, 2.75) is 26.3 Å². The van der Waals surface area contributed by atoms with E-state index in [1.165, 1.54) is 6.20 Å². The third kappa shape index (κ3) is 2.32. The molecule has 0 unspecified atom stereocenters. The van der Waals surface area contributed by atoms with Gasteiger partial charge in [0.25, 0.3) is 5.91 Å². The van der Waals surface area contributed by atoms with Crippen LogP contribution in [0.25, 0.3) is 0 Å². The van der Waals surface area contributed by atoms with Gasteiger partial charge in [0, 0.05) is 0 Å². The molecular formula is C9H14N2O3. The standard InChI is InChI=1S/C9H14N2O3/c1-3-7(5-12)11-9(13)8-4-10-14-6(8)2/h4,7,12H,3,5H2,1-2H3,(H,11,13)/t7-/m0/s1. The van der Waals surface area contributed by atoms with Gasteiger partial charge in [0.15, 0.2) is 0 Å². The third-order valence-corrected chi connectivity index (χ3v) is 2.04. The smallest absolute Gasteiger partial charge is 0.256 e. The predicted molar refractivity (Wildman–Crippen MR) is 49.9 cm³/mol. The molecule has 0 spiro atoms. The Balaban J connectivity index is 2.63. The molecule has 2 N–H and O–H groups in total. The molecule has 0 fully saturated rings. The van der Waals surface area contributed by atoms with Crippen LogP contribution < -0.4 is 5.32 Å². The lowest BCUT2D eigenvalue weighted by atomic mass is 10.2. The first-order valence-electron chi connectivity index (χ1n) is 4.52. The molecule has 1 amide bonds. The van der Waals surface area contributed by atoms with Crippen LogP contribution in [0.3, 0.4) is 0 Å². The molecule has 14 heavy (non-hydrogen) atoms. The third-order valence-electron chi connectivity index (χ3n) is 2.04. The Bertz CT molecular complexity index is 305. The van der Waals surface area contributed by atoms with Gasteiger partial charge in [-0.3, -0.25) is 4.79 Å². The van der Waals surface area contributed by atoms with Crippen molar-refractivity contribution in [3.8, 4) is 0 Å². The van der Waals surface area contributed by atoms with E-state index in [1.54, 1.807) is 6.92 Å². The van der Waals surface area contributed by atoms with Crippen LogP contribution in [0.1, 0.15) is 29.5 Å². The zero-order valence-corrected chi connectivity index (χ0v) is 8.28. The van der Waals surface area contributed by atoms with E-state index in [1.807, 2.05) is 6.92 Å². The molecule has 1 atom stereocenters. The quantitative estimate of drug-likeness (QED) is 0.738. The molecule has 0 aliphatic rings. The zero-order chi connectivity index (χ0) is 10.6. The van der Waals surface area contributed by atoms with Crippen molar-refractivity contribution in [3.63, 3.8) is 0 Å². The Hall–Kier alpha value is -1.36. The van der Waals surface area contributed by atoms with Crippen molar-refractivity contribution in [2.24, 2.45) is 0 Å². The number of aryl methyl sites for hydroxylation is 1. The largest absolute Gasteiger partial charge is 0.394 e. The molecule has 0 bridgehead atoms. The molecule has 1 rings (SSSR count). The second-order valence-electron chi connectivity index (χ2n) is 3.06. The number of carbonyl (C=O) groups excluding carboxylic acids is 1. The summed E-state index contributed by atoms with van der Waals surface area (Å²) in [5.74, 6) is 0.222. The Morgan fingerprint density at radius 3 is 2.93 bits per heavy atom. The molecule has 0 radical (unpaired) electrons. The van der Waals surface area contributed by atoms with Crippen molar-refractivity contribution >= 4 is 5.91 Å². The molecule has 0 aliphatic heterocycles. The van der Waals surface area contributed by atoms with Crippen molar-refractivity contribution in [1.82, 2.24) is 10.5 Å². The van der Waals surface area contributed by atoms with E-state index in [0.29, 0.717) is 17.7 Å². The van der Waals surface area contributed by atoms with E-state index < -0.39 is 0 Å². The maximum atomic E-state index is 11.5. The van der Waals surface area contributed by atoms with Gasteiger partial charge >= 0.3 is 0 Å². The topological polar surface area (TPSA) is 75.4 Å². The summed E-state index contributed by atoms with van der Waals surface area (Å²) in [5, 5.41) is 15.1. The van der Waals surface area contributed by atoms with Crippen molar-refractivity contribution in [3.05, 3.63) is 17.5 Å².